The fourth-order valence-corrected chi connectivity index (χ4v) is 4.85. The molecule has 0 saturated carbocycles. The van der Waals surface area contributed by atoms with Crippen LogP contribution in [0, 0.1) is 12.8 Å². The van der Waals surface area contributed by atoms with Crippen molar-refractivity contribution in [2.45, 2.75) is 32.9 Å². The fourth-order valence-electron chi connectivity index (χ4n) is 4.85. The maximum Gasteiger partial charge on any atom is 0.356 e. The summed E-state index contributed by atoms with van der Waals surface area (Å²) in [5.41, 5.74) is 5.19. The normalized spacial score (nSPS) is 15.1. The molecule has 4 heterocycles. The molecule has 1 unspecified atom stereocenters. The number of nitrogens with zero attached hydrogens (tertiary/aromatic N) is 4. The van der Waals surface area contributed by atoms with Crippen LogP contribution < -0.4 is 10.6 Å². The van der Waals surface area contributed by atoms with Crippen molar-refractivity contribution in [3.05, 3.63) is 71.3 Å². The van der Waals surface area contributed by atoms with E-state index in [0.717, 1.165) is 22.5 Å². The first kappa shape index (κ1) is 25.5. The molecule has 0 bridgehead atoms. The number of nitrogens with one attached hydrogen (secondary N) is 2. The maximum absolute atomic E-state index is 13.1. The van der Waals surface area contributed by atoms with Crippen LogP contribution in [-0.2, 0) is 40.8 Å². The van der Waals surface area contributed by atoms with Gasteiger partial charge in [-0.2, -0.15) is 5.10 Å². The monoisotopic (exact) mass is 516 g/mol. The summed E-state index contributed by atoms with van der Waals surface area (Å²) in [5.74, 6) is -0.986. The van der Waals surface area contributed by atoms with Crippen molar-refractivity contribution in [2.24, 2.45) is 13.0 Å². The quantitative estimate of drug-likeness (QED) is 0.326. The van der Waals surface area contributed by atoms with Gasteiger partial charge in [0.15, 0.2) is 5.69 Å². The van der Waals surface area contributed by atoms with E-state index >= 15 is 0 Å². The number of anilines is 2. The third kappa shape index (κ3) is 5.26. The molecule has 5 rings (SSSR count). The van der Waals surface area contributed by atoms with E-state index in [9.17, 15) is 9.59 Å². The Morgan fingerprint density at radius 3 is 2.74 bits per heavy atom. The number of hydrogen-bond donors (Lipinski definition) is 2. The molecule has 0 aliphatic carbocycles. The van der Waals surface area contributed by atoms with Gasteiger partial charge >= 0.3 is 5.97 Å². The van der Waals surface area contributed by atoms with Gasteiger partial charge in [-0.25, -0.2) is 9.78 Å². The van der Waals surface area contributed by atoms with E-state index in [1.807, 2.05) is 61.1 Å². The number of amides is 1. The predicted octanol–water partition coefficient (Wildman–Crippen LogP) is 3.69. The zero-order valence-electron chi connectivity index (χ0n) is 21.9. The number of ether oxygens (including phenoxy) is 2. The van der Waals surface area contributed by atoms with Crippen molar-refractivity contribution in [1.29, 1.82) is 0 Å². The van der Waals surface area contributed by atoms with Crippen LogP contribution >= 0.6 is 0 Å². The molecule has 3 aromatic heterocycles. The molecule has 2 N–H and O–H groups in total. The Balaban J connectivity index is 1.54. The third-order valence-corrected chi connectivity index (χ3v) is 6.89. The molecule has 1 fully saturated rings. The van der Waals surface area contributed by atoms with Crippen LogP contribution in [0.4, 0.5) is 11.4 Å². The van der Waals surface area contributed by atoms with Gasteiger partial charge in [-0.3, -0.25) is 9.48 Å². The number of aromatic nitrogens is 4. The molecular formula is C28H32N6O4. The lowest BCUT2D eigenvalue weighted by Gasteiger charge is -2.12. The average molecular weight is 517 g/mol. The molecule has 0 radical (unpaired) electrons. The van der Waals surface area contributed by atoms with Gasteiger partial charge < -0.3 is 24.7 Å². The van der Waals surface area contributed by atoms with E-state index in [4.69, 9.17) is 14.5 Å². The lowest BCUT2D eigenvalue weighted by Crippen LogP contribution is -2.24. The highest BCUT2D eigenvalue weighted by Gasteiger charge is 2.29. The van der Waals surface area contributed by atoms with Crippen molar-refractivity contribution < 1.29 is 19.1 Å². The van der Waals surface area contributed by atoms with Crippen LogP contribution in [0.2, 0.25) is 0 Å². The predicted molar refractivity (Wildman–Crippen MR) is 144 cm³/mol. The summed E-state index contributed by atoms with van der Waals surface area (Å²) in [6, 6.07) is 11.9. The first-order chi connectivity index (χ1) is 18.4. The second-order valence-corrected chi connectivity index (χ2v) is 9.51. The van der Waals surface area contributed by atoms with Gasteiger partial charge in [-0.15, -0.1) is 0 Å². The number of hydrogen-bond acceptors (Lipinski definition) is 7. The number of carbonyl (C=O) groups excluding carboxylic acids is 2. The van der Waals surface area contributed by atoms with E-state index in [1.54, 1.807) is 10.9 Å². The van der Waals surface area contributed by atoms with Crippen LogP contribution in [0.25, 0.3) is 11.0 Å². The molecule has 1 atom stereocenters. The van der Waals surface area contributed by atoms with E-state index in [2.05, 4.69) is 15.7 Å². The Labute approximate surface area is 220 Å². The topological polar surface area (TPSA) is 112 Å². The molecule has 1 aliphatic heterocycles. The van der Waals surface area contributed by atoms with Crippen molar-refractivity contribution in [3.63, 3.8) is 0 Å². The SMILES string of the molecule is COC(=O)c1c(NC(=O)C2CCOC2)c2cc(NCc3cn(C)nc3C)cnc2n1CCc1ccccc1. The molecular weight excluding hydrogens is 484 g/mol. The standard InChI is InChI=1S/C28H32N6O4/c1-18-21(16-33(2)32-18)14-29-22-13-23-24(31-27(35)20-10-12-38-17-20)25(28(36)37-3)34(26(23)30-15-22)11-9-19-7-5-4-6-8-19/h4-8,13,15-16,20,29H,9-12,14,17H2,1-3H3,(H,31,35). The van der Waals surface area contributed by atoms with Crippen LogP contribution in [0.3, 0.4) is 0 Å². The molecule has 0 spiro atoms. The number of esters is 1. The molecule has 4 aromatic rings. The van der Waals surface area contributed by atoms with Gasteiger partial charge in [0.2, 0.25) is 5.91 Å². The summed E-state index contributed by atoms with van der Waals surface area (Å²) >= 11 is 0. The molecule has 1 aliphatic rings. The lowest BCUT2D eigenvalue weighted by atomic mass is 10.1. The van der Waals surface area contributed by atoms with E-state index in [-0.39, 0.29) is 17.5 Å². The Kier molecular flexibility index (Phi) is 7.41. The number of pyridine rings is 1. The summed E-state index contributed by atoms with van der Waals surface area (Å²) in [6.07, 6.45) is 5.03. The summed E-state index contributed by atoms with van der Waals surface area (Å²) in [5, 5.41) is 11.5. The first-order valence-corrected chi connectivity index (χ1v) is 12.7. The molecule has 1 saturated heterocycles. The van der Waals surface area contributed by atoms with Crippen molar-refractivity contribution in [1.82, 2.24) is 19.3 Å². The van der Waals surface area contributed by atoms with Gasteiger partial charge in [0.05, 0.1) is 42.9 Å². The number of methoxy groups -OCH3 is 1. The zero-order valence-corrected chi connectivity index (χ0v) is 21.9. The molecule has 1 aromatic carbocycles. The van der Waals surface area contributed by atoms with Crippen molar-refractivity contribution in [3.8, 4) is 0 Å². The fraction of sp³-hybridized carbons (Fsp3) is 0.357. The zero-order chi connectivity index (χ0) is 26.6. The Bertz CT molecular complexity index is 1450. The highest BCUT2D eigenvalue weighted by Crippen LogP contribution is 2.34. The molecule has 10 nitrogen and oxygen atoms in total. The highest BCUT2D eigenvalue weighted by molar-refractivity contribution is 6.11. The molecule has 38 heavy (non-hydrogen) atoms. The number of rotatable bonds is 9. The summed E-state index contributed by atoms with van der Waals surface area (Å²) < 4.78 is 14.2. The minimum atomic E-state index is -0.533. The minimum absolute atomic E-state index is 0.181. The maximum atomic E-state index is 13.1. The van der Waals surface area contributed by atoms with Gasteiger partial charge in [0.1, 0.15) is 5.65 Å². The van der Waals surface area contributed by atoms with Gasteiger partial charge in [-0.1, -0.05) is 30.3 Å². The summed E-state index contributed by atoms with van der Waals surface area (Å²) in [4.78, 5) is 31.0. The smallest absolute Gasteiger partial charge is 0.356 e. The Morgan fingerprint density at radius 1 is 1.24 bits per heavy atom. The molecule has 1 amide bonds. The van der Waals surface area contributed by atoms with Crippen molar-refractivity contribution >= 4 is 34.3 Å². The van der Waals surface area contributed by atoms with Gasteiger partial charge in [-0.05, 0) is 31.4 Å². The summed E-state index contributed by atoms with van der Waals surface area (Å²) in [7, 11) is 3.23. The second kappa shape index (κ2) is 11.1. The molecule has 198 valence electrons. The van der Waals surface area contributed by atoms with E-state index in [0.29, 0.717) is 55.9 Å². The number of fused-ring (bicyclic) bond motifs is 1. The van der Waals surface area contributed by atoms with Crippen molar-refractivity contribution in [2.75, 3.05) is 31.0 Å². The van der Waals surface area contributed by atoms with E-state index < -0.39 is 5.97 Å². The van der Waals surface area contributed by atoms with Crippen LogP contribution in [0.1, 0.15) is 33.7 Å². The third-order valence-electron chi connectivity index (χ3n) is 6.89. The van der Waals surface area contributed by atoms with E-state index in [1.165, 1.54) is 7.11 Å². The second-order valence-electron chi connectivity index (χ2n) is 9.51. The van der Waals surface area contributed by atoms with Crippen LogP contribution in [0.5, 0.6) is 0 Å². The largest absolute Gasteiger partial charge is 0.464 e. The van der Waals surface area contributed by atoms with Gasteiger partial charge in [0.25, 0.3) is 0 Å². The number of benzene rings is 1. The lowest BCUT2D eigenvalue weighted by molar-refractivity contribution is -0.119. The number of aryl methyl sites for hydroxylation is 4. The Morgan fingerprint density at radius 2 is 2.05 bits per heavy atom. The Hall–Kier alpha value is -4.18. The molecule has 10 heteroatoms. The first-order valence-electron chi connectivity index (χ1n) is 12.7. The average Bonchev–Trinajstić information content (AvgIpc) is 3.65. The number of carbonyl (C=O) groups is 2. The minimum Gasteiger partial charge on any atom is -0.464 e. The van der Waals surface area contributed by atoms with Gasteiger partial charge in [0, 0.05) is 43.9 Å². The van der Waals surface area contributed by atoms with Crippen LogP contribution in [0.15, 0.2) is 48.8 Å². The van der Waals surface area contributed by atoms with Crippen LogP contribution in [-0.4, -0.2) is 51.5 Å². The highest BCUT2D eigenvalue weighted by atomic mass is 16.5. The summed E-state index contributed by atoms with van der Waals surface area (Å²) in [6.45, 7) is 3.93.